The van der Waals surface area contributed by atoms with Gasteiger partial charge in [0.05, 0.1) is 0 Å². The minimum Gasteiger partial charge on any atom is -0.381 e. The van der Waals surface area contributed by atoms with E-state index >= 15 is 0 Å². The maximum Gasteiger partial charge on any atom is 0.0488 e. The van der Waals surface area contributed by atoms with Crippen LogP contribution in [-0.4, -0.2) is 25.8 Å². The summed E-state index contributed by atoms with van der Waals surface area (Å²) in [6.45, 7) is 12.1. The fourth-order valence-corrected chi connectivity index (χ4v) is 2.59. The Balaban J connectivity index is 2.35. The first-order valence-electron chi connectivity index (χ1n) is 8.43. The standard InChI is InChI=1S/C17H35NO/c1-5-7-10-17(6-2,14-18-16-8-9-16)11-12-19-13-15(3)4/h15-16,18H,5-14H2,1-4H3. The highest BCUT2D eigenvalue weighted by molar-refractivity contribution is 4.87. The highest BCUT2D eigenvalue weighted by Gasteiger charge is 2.30. The van der Waals surface area contributed by atoms with Crippen molar-refractivity contribution in [1.82, 2.24) is 5.32 Å². The second-order valence-electron chi connectivity index (χ2n) is 6.83. The van der Waals surface area contributed by atoms with Gasteiger partial charge in [0.2, 0.25) is 0 Å². The van der Waals surface area contributed by atoms with Gasteiger partial charge in [0.25, 0.3) is 0 Å². The molecular weight excluding hydrogens is 234 g/mol. The molecule has 1 saturated carbocycles. The van der Waals surface area contributed by atoms with Crippen LogP contribution in [0.3, 0.4) is 0 Å². The van der Waals surface area contributed by atoms with Gasteiger partial charge in [0, 0.05) is 25.8 Å². The van der Waals surface area contributed by atoms with Gasteiger partial charge in [-0.15, -0.1) is 0 Å². The van der Waals surface area contributed by atoms with E-state index in [4.69, 9.17) is 4.74 Å². The second kappa shape index (κ2) is 8.97. The molecule has 0 amide bonds. The Morgan fingerprint density at radius 3 is 2.47 bits per heavy atom. The number of unbranched alkanes of at least 4 members (excludes halogenated alkanes) is 1. The third kappa shape index (κ3) is 7.31. The fraction of sp³-hybridized carbons (Fsp3) is 1.00. The molecule has 1 unspecified atom stereocenters. The lowest BCUT2D eigenvalue weighted by atomic mass is 9.77. The number of hydrogen-bond acceptors (Lipinski definition) is 2. The summed E-state index contributed by atoms with van der Waals surface area (Å²) in [7, 11) is 0. The van der Waals surface area contributed by atoms with Gasteiger partial charge in [-0.1, -0.05) is 40.5 Å². The molecule has 114 valence electrons. The Morgan fingerprint density at radius 2 is 1.95 bits per heavy atom. The normalized spacial score (nSPS) is 18.8. The van der Waals surface area contributed by atoms with Crippen molar-refractivity contribution < 1.29 is 4.74 Å². The Morgan fingerprint density at radius 1 is 1.21 bits per heavy atom. The van der Waals surface area contributed by atoms with Crippen LogP contribution in [0.25, 0.3) is 0 Å². The molecule has 0 spiro atoms. The minimum absolute atomic E-state index is 0.468. The quantitative estimate of drug-likeness (QED) is 0.531. The van der Waals surface area contributed by atoms with Gasteiger partial charge in [-0.05, 0) is 43.4 Å². The molecule has 1 atom stereocenters. The number of hydrogen-bond donors (Lipinski definition) is 1. The molecular formula is C17H35NO. The molecule has 2 heteroatoms. The molecule has 0 aromatic carbocycles. The molecule has 0 aromatic rings. The summed E-state index contributed by atoms with van der Waals surface area (Å²) in [5, 5.41) is 3.75. The van der Waals surface area contributed by atoms with E-state index in [0.717, 1.165) is 19.3 Å². The largest absolute Gasteiger partial charge is 0.381 e. The summed E-state index contributed by atoms with van der Waals surface area (Å²) in [6.07, 6.45) is 9.27. The van der Waals surface area contributed by atoms with E-state index in [1.807, 2.05) is 0 Å². The third-order valence-electron chi connectivity index (χ3n) is 4.38. The molecule has 0 heterocycles. The van der Waals surface area contributed by atoms with Gasteiger partial charge in [-0.3, -0.25) is 0 Å². The predicted molar refractivity (Wildman–Crippen MR) is 83.5 cm³/mol. The molecule has 0 bridgehead atoms. The van der Waals surface area contributed by atoms with Gasteiger partial charge in [0.1, 0.15) is 0 Å². The Labute approximate surface area is 120 Å². The molecule has 0 aliphatic heterocycles. The summed E-state index contributed by atoms with van der Waals surface area (Å²) < 4.78 is 5.83. The van der Waals surface area contributed by atoms with Crippen LogP contribution in [-0.2, 0) is 4.74 Å². The second-order valence-corrected chi connectivity index (χ2v) is 6.83. The van der Waals surface area contributed by atoms with Gasteiger partial charge in [-0.2, -0.15) is 0 Å². The Kier molecular flexibility index (Phi) is 8.01. The summed E-state index contributed by atoms with van der Waals surface area (Å²) in [6, 6.07) is 0.823. The van der Waals surface area contributed by atoms with Crippen molar-refractivity contribution in [2.75, 3.05) is 19.8 Å². The molecule has 1 rings (SSSR count). The van der Waals surface area contributed by atoms with Gasteiger partial charge >= 0.3 is 0 Å². The highest BCUT2D eigenvalue weighted by atomic mass is 16.5. The summed E-state index contributed by atoms with van der Waals surface area (Å²) in [5.74, 6) is 0.649. The molecule has 2 nitrogen and oxygen atoms in total. The van der Waals surface area contributed by atoms with Crippen molar-refractivity contribution in [2.24, 2.45) is 11.3 Å². The summed E-state index contributed by atoms with van der Waals surface area (Å²) in [4.78, 5) is 0. The molecule has 1 N–H and O–H groups in total. The first-order valence-corrected chi connectivity index (χ1v) is 8.43. The van der Waals surface area contributed by atoms with E-state index in [2.05, 4.69) is 33.0 Å². The maximum absolute atomic E-state index is 5.83. The van der Waals surface area contributed by atoms with Crippen LogP contribution < -0.4 is 5.32 Å². The van der Waals surface area contributed by atoms with Crippen LogP contribution >= 0.6 is 0 Å². The van der Waals surface area contributed by atoms with Crippen LogP contribution in [0.4, 0.5) is 0 Å². The molecule has 0 saturated heterocycles. The lowest BCUT2D eigenvalue weighted by Gasteiger charge is -2.33. The third-order valence-corrected chi connectivity index (χ3v) is 4.38. The maximum atomic E-state index is 5.83. The minimum atomic E-state index is 0.468. The fourth-order valence-electron chi connectivity index (χ4n) is 2.59. The smallest absolute Gasteiger partial charge is 0.0488 e. The first-order chi connectivity index (χ1) is 9.12. The van der Waals surface area contributed by atoms with Crippen LogP contribution in [0.5, 0.6) is 0 Å². The molecule has 0 radical (unpaired) electrons. The average molecular weight is 269 g/mol. The van der Waals surface area contributed by atoms with E-state index in [1.54, 1.807) is 0 Å². The van der Waals surface area contributed by atoms with Crippen molar-refractivity contribution in [3.8, 4) is 0 Å². The van der Waals surface area contributed by atoms with Crippen molar-refractivity contribution in [1.29, 1.82) is 0 Å². The lowest BCUT2D eigenvalue weighted by molar-refractivity contribution is 0.0694. The zero-order valence-corrected chi connectivity index (χ0v) is 13.6. The van der Waals surface area contributed by atoms with Crippen molar-refractivity contribution >= 4 is 0 Å². The van der Waals surface area contributed by atoms with Gasteiger partial charge < -0.3 is 10.1 Å². The molecule has 19 heavy (non-hydrogen) atoms. The van der Waals surface area contributed by atoms with Crippen molar-refractivity contribution in [3.05, 3.63) is 0 Å². The monoisotopic (exact) mass is 269 g/mol. The molecule has 1 aliphatic rings. The summed E-state index contributed by atoms with van der Waals surface area (Å²) >= 11 is 0. The van der Waals surface area contributed by atoms with E-state index in [9.17, 15) is 0 Å². The van der Waals surface area contributed by atoms with Gasteiger partial charge in [-0.25, -0.2) is 0 Å². The van der Waals surface area contributed by atoms with Gasteiger partial charge in [0.15, 0.2) is 0 Å². The van der Waals surface area contributed by atoms with Crippen molar-refractivity contribution in [3.63, 3.8) is 0 Å². The Hall–Kier alpha value is -0.0800. The van der Waals surface area contributed by atoms with Crippen LogP contribution in [0.2, 0.25) is 0 Å². The van der Waals surface area contributed by atoms with Crippen molar-refractivity contribution in [2.45, 2.75) is 78.7 Å². The Bertz CT molecular complexity index is 225. The number of rotatable bonds is 12. The zero-order chi connectivity index (χ0) is 14.1. The SMILES string of the molecule is CCCCC(CC)(CCOCC(C)C)CNC1CC1. The number of ether oxygens (including phenoxy) is 1. The van der Waals surface area contributed by atoms with E-state index in [0.29, 0.717) is 11.3 Å². The first kappa shape index (κ1) is 17.0. The summed E-state index contributed by atoms with van der Waals surface area (Å²) in [5.41, 5.74) is 0.468. The lowest BCUT2D eigenvalue weighted by Crippen LogP contribution is -2.36. The highest BCUT2D eigenvalue weighted by Crippen LogP contribution is 2.33. The zero-order valence-electron chi connectivity index (χ0n) is 13.6. The van der Waals surface area contributed by atoms with E-state index in [1.165, 1.54) is 51.5 Å². The average Bonchev–Trinajstić information content (AvgIpc) is 3.21. The van der Waals surface area contributed by atoms with Crippen LogP contribution in [0, 0.1) is 11.3 Å². The van der Waals surface area contributed by atoms with E-state index < -0.39 is 0 Å². The molecule has 1 aliphatic carbocycles. The topological polar surface area (TPSA) is 21.3 Å². The molecule has 1 fully saturated rings. The molecule has 0 aromatic heterocycles. The predicted octanol–water partition coefficient (Wildman–Crippen LogP) is 4.39. The number of nitrogens with one attached hydrogen (secondary N) is 1. The van der Waals surface area contributed by atoms with Crippen LogP contribution in [0.1, 0.15) is 72.6 Å². The van der Waals surface area contributed by atoms with E-state index in [-0.39, 0.29) is 0 Å². The van der Waals surface area contributed by atoms with Crippen LogP contribution in [0.15, 0.2) is 0 Å².